The van der Waals surface area contributed by atoms with Crippen molar-refractivity contribution in [2.45, 2.75) is 26.3 Å². The van der Waals surface area contributed by atoms with Crippen molar-refractivity contribution < 1.29 is 4.52 Å². The summed E-state index contributed by atoms with van der Waals surface area (Å²) in [7, 11) is 0. The topological polar surface area (TPSA) is 45.4 Å². The van der Waals surface area contributed by atoms with Gasteiger partial charge in [0.2, 0.25) is 5.89 Å². The second-order valence-electron chi connectivity index (χ2n) is 5.99. The van der Waals surface area contributed by atoms with Crippen LogP contribution in [-0.4, -0.2) is 52.7 Å². The summed E-state index contributed by atoms with van der Waals surface area (Å²) in [5, 5.41) is 4.82. The zero-order chi connectivity index (χ0) is 16.1. The van der Waals surface area contributed by atoms with Crippen LogP contribution in [-0.2, 0) is 13.0 Å². The first kappa shape index (κ1) is 16.4. The lowest BCUT2D eigenvalue weighted by atomic mass is 10.1. The van der Waals surface area contributed by atoms with E-state index in [1.54, 1.807) is 0 Å². The Hall–Kier alpha value is -1.43. The number of piperazine rings is 1. The third kappa shape index (κ3) is 4.53. The van der Waals surface area contributed by atoms with Crippen LogP contribution >= 0.6 is 11.6 Å². The van der Waals surface area contributed by atoms with Crippen LogP contribution in [0.4, 0.5) is 0 Å². The van der Waals surface area contributed by atoms with Crippen molar-refractivity contribution in [2.75, 3.05) is 32.7 Å². The lowest BCUT2D eigenvalue weighted by Gasteiger charge is -2.33. The molecular formula is C17H23ClN4O. The van der Waals surface area contributed by atoms with Gasteiger partial charge in [0.25, 0.3) is 0 Å². The summed E-state index contributed by atoms with van der Waals surface area (Å²) in [6.07, 6.45) is 1.82. The highest BCUT2D eigenvalue weighted by Gasteiger charge is 2.18. The van der Waals surface area contributed by atoms with Crippen molar-refractivity contribution >= 4 is 11.6 Å². The molecule has 124 valence electrons. The molecule has 1 aromatic carbocycles. The smallest absolute Gasteiger partial charge is 0.240 e. The van der Waals surface area contributed by atoms with Crippen LogP contribution in [0.1, 0.15) is 30.6 Å². The summed E-state index contributed by atoms with van der Waals surface area (Å²) in [5.74, 6) is 1.38. The summed E-state index contributed by atoms with van der Waals surface area (Å²) in [6, 6.07) is 7.77. The third-order valence-electron chi connectivity index (χ3n) is 4.18. The molecule has 2 aromatic rings. The molecule has 5 nitrogen and oxygen atoms in total. The first-order valence-corrected chi connectivity index (χ1v) is 8.62. The van der Waals surface area contributed by atoms with Crippen LogP contribution in [0.5, 0.6) is 0 Å². The van der Waals surface area contributed by atoms with Crippen molar-refractivity contribution in [3.05, 3.63) is 46.6 Å². The number of benzene rings is 1. The first-order valence-electron chi connectivity index (χ1n) is 8.24. The minimum atomic E-state index is 0.605. The van der Waals surface area contributed by atoms with Gasteiger partial charge in [0.15, 0.2) is 5.82 Å². The van der Waals surface area contributed by atoms with E-state index < -0.39 is 0 Å². The Balaban J connectivity index is 1.53. The van der Waals surface area contributed by atoms with Gasteiger partial charge in [0.05, 0.1) is 6.54 Å². The average Bonchev–Trinajstić information content (AvgIpc) is 2.99. The average molecular weight is 335 g/mol. The van der Waals surface area contributed by atoms with Crippen LogP contribution in [0.3, 0.4) is 0 Å². The molecule has 0 atom stereocenters. The van der Waals surface area contributed by atoms with Gasteiger partial charge in [0.1, 0.15) is 0 Å². The van der Waals surface area contributed by atoms with Crippen molar-refractivity contribution in [2.24, 2.45) is 0 Å². The molecule has 0 radical (unpaired) electrons. The fourth-order valence-corrected chi connectivity index (χ4v) is 3.12. The van der Waals surface area contributed by atoms with Crippen LogP contribution in [0.25, 0.3) is 0 Å². The number of halogens is 1. The normalized spacial score (nSPS) is 16.8. The van der Waals surface area contributed by atoms with Crippen LogP contribution in [0.15, 0.2) is 28.8 Å². The molecular weight excluding hydrogens is 312 g/mol. The minimum Gasteiger partial charge on any atom is -0.338 e. The van der Waals surface area contributed by atoms with Crippen LogP contribution in [0, 0.1) is 0 Å². The highest BCUT2D eigenvalue weighted by Crippen LogP contribution is 2.18. The molecule has 0 unspecified atom stereocenters. The summed E-state index contributed by atoms with van der Waals surface area (Å²) >= 11 is 6.18. The van der Waals surface area contributed by atoms with Gasteiger partial charge in [-0.25, -0.2) is 0 Å². The van der Waals surface area contributed by atoms with E-state index in [1.165, 1.54) is 13.0 Å². The fourth-order valence-electron chi connectivity index (χ4n) is 2.92. The SMILES string of the molecule is CCCN1CCN(Cc2nc(Cc3ccccc3Cl)no2)CC1. The zero-order valence-corrected chi connectivity index (χ0v) is 14.3. The Labute approximate surface area is 142 Å². The van der Waals surface area contributed by atoms with Crippen molar-refractivity contribution in [1.29, 1.82) is 0 Å². The minimum absolute atomic E-state index is 0.605. The first-order chi connectivity index (χ1) is 11.2. The maximum absolute atomic E-state index is 6.18. The number of aromatic nitrogens is 2. The molecule has 1 fully saturated rings. The Kier molecular flexibility index (Phi) is 5.65. The molecule has 0 bridgehead atoms. The Bertz CT molecular complexity index is 623. The summed E-state index contributed by atoms with van der Waals surface area (Å²) in [5.41, 5.74) is 1.02. The predicted molar refractivity (Wildman–Crippen MR) is 90.6 cm³/mol. The molecule has 0 saturated carbocycles. The molecule has 2 heterocycles. The highest BCUT2D eigenvalue weighted by atomic mass is 35.5. The van der Waals surface area contributed by atoms with Gasteiger partial charge in [-0.2, -0.15) is 4.98 Å². The number of hydrogen-bond donors (Lipinski definition) is 0. The maximum atomic E-state index is 6.18. The van der Waals surface area contributed by atoms with Gasteiger partial charge in [-0.3, -0.25) is 4.90 Å². The van der Waals surface area contributed by atoms with Gasteiger partial charge in [-0.05, 0) is 24.6 Å². The van der Waals surface area contributed by atoms with Gasteiger partial charge < -0.3 is 9.42 Å². The highest BCUT2D eigenvalue weighted by molar-refractivity contribution is 6.31. The largest absolute Gasteiger partial charge is 0.338 e. The third-order valence-corrected chi connectivity index (χ3v) is 4.55. The summed E-state index contributed by atoms with van der Waals surface area (Å²) in [4.78, 5) is 9.39. The molecule has 0 aliphatic carbocycles. The zero-order valence-electron chi connectivity index (χ0n) is 13.5. The van der Waals surface area contributed by atoms with Gasteiger partial charge >= 0.3 is 0 Å². The van der Waals surface area contributed by atoms with Gasteiger partial charge in [-0.15, -0.1) is 0 Å². The maximum Gasteiger partial charge on any atom is 0.240 e. The molecule has 1 saturated heterocycles. The van der Waals surface area contributed by atoms with E-state index in [0.29, 0.717) is 18.1 Å². The van der Waals surface area contributed by atoms with E-state index in [1.807, 2.05) is 24.3 Å². The summed E-state index contributed by atoms with van der Waals surface area (Å²) in [6.45, 7) is 8.50. The monoisotopic (exact) mass is 334 g/mol. The van der Waals surface area contributed by atoms with Gasteiger partial charge in [0, 0.05) is 37.6 Å². The molecule has 0 spiro atoms. The van der Waals surface area contributed by atoms with E-state index in [2.05, 4.69) is 26.9 Å². The van der Waals surface area contributed by atoms with Crippen molar-refractivity contribution in [3.8, 4) is 0 Å². The molecule has 0 N–H and O–H groups in total. The molecule has 1 aliphatic heterocycles. The molecule has 6 heteroatoms. The Morgan fingerprint density at radius 1 is 1.13 bits per heavy atom. The number of hydrogen-bond acceptors (Lipinski definition) is 5. The molecule has 23 heavy (non-hydrogen) atoms. The fraction of sp³-hybridized carbons (Fsp3) is 0.529. The van der Waals surface area contributed by atoms with Crippen molar-refractivity contribution in [1.82, 2.24) is 19.9 Å². The number of nitrogens with zero attached hydrogens (tertiary/aromatic N) is 4. The van der Waals surface area contributed by atoms with E-state index in [0.717, 1.165) is 43.3 Å². The Morgan fingerprint density at radius 2 is 1.87 bits per heavy atom. The van der Waals surface area contributed by atoms with Crippen LogP contribution < -0.4 is 0 Å². The van der Waals surface area contributed by atoms with E-state index in [9.17, 15) is 0 Å². The second-order valence-corrected chi connectivity index (χ2v) is 6.40. The van der Waals surface area contributed by atoms with Gasteiger partial charge in [-0.1, -0.05) is 41.9 Å². The molecule has 0 amide bonds. The lowest BCUT2D eigenvalue weighted by molar-refractivity contribution is 0.117. The van der Waals surface area contributed by atoms with E-state index >= 15 is 0 Å². The number of rotatable bonds is 6. The van der Waals surface area contributed by atoms with E-state index in [4.69, 9.17) is 16.1 Å². The summed E-state index contributed by atoms with van der Waals surface area (Å²) < 4.78 is 5.39. The van der Waals surface area contributed by atoms with E-state index in [-0.39, 0.29) is 0 Å². The molecule has 3 rings (SSSR count). The lowest BCUT2D eigenvalue weighted by Crippen LogP contribution is -2.46. The van der Waals surface area contributed by atoms with Crippen LogP contribution in [0.2, 0.25) is 5.02 Å². The Morgan fingerprint density at radius 3 is 2.61 bits per heavy atom. The second kappa shape index (κ2) is 7.90. The van der Waals surface area contributed by atoms with Crippen molar-refractivity contribution in [3.63, 3.8) is 0 Å². The standard InChI is InChI=1S/C17H23ClN4O/c1-2-7-21-8-10-22(11-9-21)13-17-19-16(20-23-17)12-14-5-3-4-6-15(14)18/h3-6H,2,7-13H2,1H3. The molecule has 1 aromatic heterocycles. The molecule has 1 aliphatic rings. The quantitative estimate of drug-likeness (QED) is 0.813. The predicted octanol–water partition coefficient (Wildman–Crippen LogP) is 2.84.